The van der Waals surface area contributed by atoms with Gasteiger partial charge in [0.15, 0.2) is 11.5 Å². The van der Waals surface area contributed by atoms with Crippen LogP contribution in [0.15, 0.2) is 40.8 Å². The number of Topliss-reactive ketones (excluding diaryl/α,β-unsaturated/α-hetero) is 1. The molecular formula is C16H17ClF3NO2. The van der Waals surface area contributed by atoms with Crippen LogP contribution in [0.2, 0.25) is 0 Å². The third kappa shape index (κ3) is 5.11. The standard InChI is InChI=1S/C16H16F3NO2.ClH/c1-20(2)10-9-13(21)15-8-7-14(22-15)11-3-5-12(6-4-11)16(17,18)19;/h3-8H,9-10H2,1-2H3;1H. The first-order valence-corrected chi connectivity index (χ1v) is 6.73. The minimum atomic E-state index is -4.37. The lowest BCUT2D eigenvalue weighted by atomic mass is 10.1. The lowest BCUT2D eigenvalue weighted by molar-refractivity contribution is -0.137. The Morgan fingerprint density at radius 2 is 1.70 bits per heavy atom. The number of nitrogens with zero attached hydrogens (tertiary/aromatic N) is 1. The smallest absolute Gasteiger partial charge is 0.416 e. The summed E-state index contributed by atoms with van der Waals surface area (Å²) in [6.45, 7) is 0.606. The molecule has 0 unspecified atom stereocenters. The highest BCUT2D eigenvalue weighted by Gasteiger charge is 2.30. The molecule has 23 heavy (non-hydrogen) atoms. The molecule has 1 aromatic heterocycles. The van der Waals surface area contributed by atoms with Crippen molar-refractivity contribution in [3.8, 4) is 11.3 Å². The van der Waals surface area contributed by atoms with E-state index in [9.17, 15) is 18.0 Å². The second kappa shape index (κ2) is 7.66. The number of hydrogen-bond donors (Lipinski definition) is 0. The molecular weight excluding hydrogens is 331 g/mol. The summed E-state index contributed by atoms with van der Waals surface area (Å²) in [6.07, 6.45) is -4.04. The molecule has 0 bridgehead atoms. The lowest BCUT2D eigenvalue weighted by Gasteiger charge is -2.07. The van der Waals surface area contributed by atoms with Gasteiger partial charge in [-0.3, -0.25) is 4.79 Å². The zero-order valence-electron chi connectivity index (χ0n) is 12.7. The number of carbonyl (C=O) groups is 1. The largest absolute Gasteiger partial charge is 0.453 e. The van der Waals surface area contributed by atoms with Gasteiger partial charge >= 0.3 is 6.18 Å². The number of ketones is 1. The summed E-state index contributed by atoms with van der Waals surface area (Å²) in [5.41, 5.74) is -0.218. The van der Waals surface area contributed by atoms with Crippen LogP contribution in [0.1, 0.15) is 22.5 Å². The van der Waals surface area contributed by atoms with Gasteiger partial charge in [0, 0.05) is 18.5 Å². The second-order valence-corrected chi connectivity index (χ2v) is 5.22. The fraction of sp³-hybridized carbons (Fsp3) is 0.312. The molecule has 0 saturated carbocycles. The summed E-state index contributed by atoms with van der Waals surface area (Å²) in [5, 5.41) is 0. The zero-order chi connectivity index (χ0) is 16.3. The van der Waals surface area contributed by atoms with Crippen molar-refractivity contribution in [3.63, 3.8) is 0 Å². The molecule has 0 saturated heterocycles. The summed E-state index contributed by atoms with van der Waals surface area (Å²) in [5.74, 6) is 0.463. The highest BCUT2D eigenvalue weighted by molar-refractivity contribution is 5.94. The predicted octanol–water partition coefficient (Wildman–Crippen LogP) is 4.52. The number of carbonyl (C=O) groups excluding carboxylic acids is 1. The highest BCUT2D eigenvalue weighted by Crippen LogP contribution is 2.31. The minimum absolute atomic E-state index is 0. The Morgan fingerprint density at radius 3 is 2.22 bits per heavy atom. The van der Waals surface area contributed by atoms with Crippen LogP contribution in [-0.2, 0) is 6.18 Å². The van der Waals surface area contributed by atoms with E-state index in [-0.39, 0.29) is 24.0 Å². The van der Waals surface area contributed by atoms with Crippen LogP contribution < -0.4 is 0 Å². The Bertz CT molecular complexity index is 648. The topological polar surface area (TPSA) is 33.5 Å². The third-order valence-corrected chi connectivity index (χ3v) is 3.16. The van der Waals surface area contributed by atoms with Crippen LogP contribution in [0.4, 0.5) is 13.2 Å². The Balaban J connectivity index is 0.00000264. The summed E-state index contributed by atoms with van der Waals surface area (Å²) in [4.78, 5) is 13.8. The Hall–Kier alpha value is -1.79. The Morgan fingerprint density at radius 1 is 1.09 bits per heavy atom. The van der Waals surface area contributed by atoms with Crippen molar-refractivity contribution in [2.75, 3.05) is 20.6 Å². The van der Waals surface area contributed by atoms with Gasteiger partial charge in [-0.05, 0) is 38.4 Å². The molecule has 0 aliphatic rings. The maximum absolute atomic E-state index is 12.5. The van der Waals surface area contributed by atoms with E-state index in [4.69, 9.17) is 4.42 Å². The molecule has 7 heteroatoms. The SMILES string of the molecule is CN(C)CCC(=O)c1ccc(-c2ccc(C(F)(F)F)cc2)o1.Cl. The number of hydrogen-bond acceptors (Lipinski definition) is 3. The summed E-state index contributed by atoms with van der Waals surface area (Å²) in [7, 11) is 3.73. The van der Waals surface area contributed by atoms with E-state index >= 15 is 0 Å². The fourth-order valence-corrected chi connectivity index (χ4v) is 1.91. The first-order chi connectivity index (χ1) is 10.3. The zero-order valence-corrected chi connectivity index (χ0v) is 13.5. The highest BCUT2D eigenvalue weighted by atomic mass is 35.5. The van der Waals surface area contributed by atoms with Crippen LogP contribution in [0.5, 0.6) is 0 Å². The number of furan rings is 1. The summed E-state index contributed by atoms with van der Waals surface area (Å²) in [6, 6.07) is 7.78. The van der Waals surface area contributed by atoms with E-state index in [0.717, 1.165) is 12.1 Å². The van der Waals surface area contributed by atoms with Crippen molar-refractivity contribution in [1.82, 2.24) is 4.90 Å². The van der Waals surface area contributed by atoms with Gasteiger partial charge < -0.3 is 9.32 Å². The van der Waals surface area contributed by atoms with Crippen LogP contribution in [0.3, 0.4) is 0 Å². The predicted molar refractivity (Wildman–Crippen MR) is 83.9 cm³/mol. The van der Waals surface area contributed by atoms with Gasteiger partial charge in [0.25, 0.3) is 0 Å². The molecule has 0 N–H and O–H groups in total. The van der Waals surface area contributed by atoms with Crippen molar-refractivity contribution in [2.45, 2.75) is 12.6 Å². The molecule has 0 fully saturated rings. The van der Waals surface area contributed by atoms with E-state index in [2.05, 4.69) is 0 Å². The van der Waals surface area contributed by atoms with Gasteiger partial charge in [-0.2, -0.15) is 13.2 Å². The Kier molecular flexibility index (Phi) is 6.41. The van der Waals surface area contributed by atoms with Crippen molar-refractivity contribution in [3.05, 3.63) is 47.7 Å². The van der Waals surface area contributed by atoms with Gasteiger partial charge in [0.1, 0.15) is 5.76 Å². The molecule has 0 atom stereocenters. The first-order valence-electron chi connectivity index (χ1n) is 6.73. The van der Waals surface area contributed by atoms with E-state index in [0.29, 0.717) is 24.3 Å². The van der Waals surface area contributed by atoms with E-state index in [1.807, 2.05) is 19.0 Å². The summed E-state index contributed by atoms with van der Waals surface area (Å²) >= 11 is 0. The van der Waals surface area contributed by atoms with Crippen LogP contribution in [0, 0.1) is 0 Å². The molecule has 2 rings (SSSR count). The Labute approximate surface area is 138 Å². The van der Waals surface area contributed by atoms with Gasteiger partial charge in [0.2, 0.25) is 0 Å². The average Bonchev–Trinajstić information content (AvgIpc) is 2.93. The monoisotopic (exact) mass is 347 g/mol. The van der Waals surface area contributed by atoms with Crippen molar-refractivity contribution < 1.29 is 22.4 Å². The molecule has 3 nitrogen and oxygen atoms in total. The maximum Gasteiger partial charge on any atom is 0.416 e. The van der Waals surface area contributed by atoms with Crippen molar-refractivity contribution in [2.24, 2.45) is 0 Å². The average molecular weight is 348 g/mol. The fourth-order valence-electron chi connectivity index (χ4n) is 1.91. The lowest BCUT2D eigenvalue weighted by Crippen LogP contribution is -2.16. The molecule has 0 spiro atoms. The maximum atomic E-state index is 12.5. The van der Waals surface area contributed by atoms with E-state index in [1.54, 1.807) is 12.1 Å². The molecule has 1 aromatic carbocycles. The van der Waals surface area contributed by atoms with E-state index < -0.39 is 11.7 Å². The van der Waals surface area contributed by atoms with Gasteiger partial charge in [0.05, 0.1) is 5.56 Å². The quantitative estimate of drug-likeness (QED) is 0.745. The van der Waals surface area contributed by atoms with Crippen LogP contribution in [-0.4, -0.2) is 31.3 Å². The normalized spacial score (nSPS) is 11.4. The van der Waals surface area contributed by atoms with Gasteiger partial charge in [-0.15, -0.1) is 12.4 Å². The van der Waals surface area contributed by atoms with E-state index in [1.165, 1.54) is 12.1 Å². The number of benzene rings is 1. The molecule has 0 amide bonds. The molecule has 2 aromatic rings. The molecule has 0 radical (unpaired) electrons. The van der Waals surface area contributed by atoms with Crippen molar-refractivity contribution >= 4 is 18.2 Å². The third-order valence-electron chi connectivity index (χ3n) is 3.16. The van der Waals surface area contributed by atoms with Gasteiger partial charge in [-0.1, -0.05) is 12.1 Å². The summed E-state index contributed by atoms with van der Waals surface area (Å²) < 4.78 is 43.0. The second-order valence-electron chi connectivity index (χ2n) is 5.22. The van der Waals surface area contributed by atoms with Crippen molar-refractivity contribution in [1.29, 1.82) is 0 Å². The molecule has 1 heterocycles. The van der Waals surface area contributed by atoms with Crippen LogP contribution >= 0.6 is 12.4 Å². The molecule has 0 aliphatic heterocycles. The number of alkyl halides is 3. The minimum Gasteiger partial charge on any atom is -0.453 e. The molecule has 0 aliphatic carbocycles. The van der Waals surface area contributed by atoms with Crippen LogP contribution in [0.25, 0.3) is 11.3 Å². The first kappa shape index (κ1) is 19.3. The van der Waals surface area contributed by atoms with Gasteiger partial charge in [-0.25, -0.2) is 0 Å². The number of rotatable bonds is 5. The number of halogens is 4. The molecule has 126 valence electrons.